The Kier molecular flexibility index (Phi) is 2.05. The van der Waals surface area contributed by atoms with Crippen molar-refractivity contribution in [3.8, 4) is 9.88 Å². The first kappa shape index (κ1) is 8.79. The van der Waals surface area contributed by atoms with E-state index in [0.29, 0.717) is 4.47 Å². The van der Waals surface area contributed by atoms with Crippen molar-refractivity contribution in [2.45, 2.75) is 0 Å². The van der Waals surface area contributed by atoms with Gasteiger partial charge in [-0.25, -0.2) is 0 Å². The molecule has 0 saturated carbocycles. The van der Waals surface area contributed by atoms with Crippen LogP contribution in [0.2, 0.25) is 4.47 Å². The van der Waals surface area contributed by atoms with Crippen molar-refractivity contribution in [3.05, 3.63) is 22.0 Å². The van der Waals surface area contributed by atoms with Gasteiger partial charge >= 0.3 is 0 Å². The van der Waals surface area contributed by atoms with E-state index in [1.165, 1.54) is 20.7 Å². The molecule has 0 fully saturated rings. The quantitative estimate of drug-likeness (QED) is 0.656. The zero-order valence-corrected chi connectivity index (χ0v) is 9.93. The van der Waals surface area contributed by atoms with Crippen molar-refractivity contribution in [1.29, 1.82) is 0 Å². The Morgan fingerprint density at radius 1 is 1.14 bits per heavy atom. The van der Waals surface area contributed by atoms with Crippen molar-refractivity contribution in [2.24, 2.45) is 0 Å². The molecule has 2 nitrogen and oxygen atoms in total. The van der Waals surface area contributed by atoms with Gasteiger partial charge in [-0.3, -0.25) is 0 Å². The van der Waals surface area contributed by atoms with Gasteiger partial charge in [0.2, 0.25) is 4.47 Å². The molecule has 0 radical (unpaired) electrons. The first-order chi connectivity index (χ1) is 6.83. The van der Waals surface area contributed by atoms with Crippen molar-refractivity contribution in [2.75, 3.05) is 0 Å². The molecule has 0 N–H and O–H groups in total. The number of thiophene rings is 2. The van der Waals surface area contributed by atoms with E-state index in [-0.39, 0.29) is 0 Å². The van der Waals surface area contributed by atoms with Crippen LogP contribution in [0.1, 0.15) is 0 Å². The molecular formula is C8H3ClN2S3. The molecule has 0 atom stereocenters. The maximum absolute atomic E-state index is 5.74. The van der Waals surface area contributed by atoms with Gasteiger partial charge in [0.05, 0.1) is 4.88 Å². The summed E-state index contributed by atoms with van der Waals surface area (Å²) in [6.07, 6.45) is 0. The second-order valence-electron chi connectivity index (χ2n) is 2.62. The number of hydrogen-bond acceptors (Lipinski definition) is 5. The highest BCUT2D eigenvalue weighted by Gasteiger charge is 2.09. The number of nitrogens with zero attached hydrogens (tertiary/aromatic N) is 2. The number of aromatic nitrogens is 2. The molecular weight excluding hydrogens is 256 g/mol. The van der Waals surface area contributed by atoms with Crippen LogP contribution in [0.3, 0.4) is 0 Å². The van der Waals surface area contributed by atoms with E-state index in [1.54, 1.807) is 22.7 Å². The lowest BCUT2D eigenvalue weighted by molar-refractivity contribution is 1.10. The Morgan fingerprint density at radius 2 is 2.07 bits per heavy atom. The van der Waals surface area contributed by atoms with Crippen molar-refractivity contribution < 1.29 is 0 Å². The minimum Gasteiger partial charge on any atom is -0.143 e. The predicted molar refractivity (Wildman–Crippen MR) is 63.6 cm³/mol. The molecule has 0 aliphatic rings. The predicted octanol–water partition coefficient (Wildman–Crippen LogP) is 4.13. The lowest BCUT2D eigenvalue weighted by atomic mass is 10.4. The largest absolute Gasteiger partial charge is 0.207 e. The molecule has 0 aromatic carbocycles. The summed E-state index contributed by atoms with van der Waals surface area (Å²) in [7, 11) is 0. The Balaban J connectivity index is 2.18. The zero-order valence-electron chi connectivity index (χ0n) is 6.73. The number of fused-ring (bicyclic) bond motifs is 1. The van der Waals surface area contributed by atoms with Gasteiger partial charge in [0.15, 0.2) is 5.01 Å². The molecule has 0 aliphatic carbocycles. The van der Waals surface area contributed by atoms with E-state index < -0.39 is 0 Å². The summed E-state index contributed by atoms with van der Waals surface area (Å²) in [6, 6.07) is 4.26. The minimum atomic E-state index is 0.497. The standard InChI is InChI=1S/C8H3ClN2S3/c9-8-11-10-7(14-8)6-3-5-4(13-6)1-2-12-5/h1-3H. The van der Waals surface area contributed by atoms with E-state index in [2.05, 4.69) is 27.7 Å². The summed E-state index contributed by atoms with van der Waals surface area (Å²) in [4.78, 5) is 1.15. The van der Waals surface area contributed by atoms with Gasteiger partial charge in [-0.1, -0.05) is 11.3 Å². The van der Waals surface area contributed by atoms with E-state index >= 15 is 0 Å². The van der Waals surface area contributed by atoms with Gasteiger partial charge in [0.1, 0.15) is 0 Å². The molecule has 0 spiro atoms. The van der Waals surface area contributed by atoms with Crippen LogP contribution in [0.25, 0.3) is 19.3 Å². The average Bonchev–Trinajstić information content (AvgIpc) is 2.75. The van der Waals surface area contributed by atoms with E-state index in [4.69, 9.17) is 11.6 Å². The fourth-order valence-electron chi connectivity index (χ4n) is 1.18. The molecule has 0 unspecified atom stereocenters. The molecule has 3 aromatic rings. The average molecular weight is 259 g/mol. The fourth-order valence-corrected chi connectivity index (χ4v) is 4.15. The molecule has 3 heterocycles. The highest BCUT2D eigenvalue weighted by Crippen LogP contribution is 2.37. The Morgan fingerprint density at radius 3 is 2.79 bits per heavy atom. The van der Waals surface area contributed by atoms with Crippen LogP contribution in [0, 0.1) is 0 Å². The summed E-state index contributed by atoms with van der Waals surface area (Å²) < 4.78 is 3.10. The molecule has 0 amide bonds. The third kappa shape index (κ3) is 1.37. The van der Waals surface area contributed by atoms with E-state index in [0.717, 1.165) is 9.88 Å². The monoisotopic (exact) mass is 258 g/mol. The number of rotatable bonds is 1. The number of hydrogen-bond donors (Lipinski definition) is 0. The van der Waals surface area contributed by atoms with Crippen LogP contribution < -0.4 is 0 Å². The minimum absolute atomic E-state index is 0.497. The zero-order chi connectivity index (χ0) is 9.54. The van der Waals surface area contributed by atoms with Crippen LogP contribution in [-0.2, 0) is 0 Å². The normalized spacial score (nSPS) is 11.2. The third-order valence-corrected chi connectivity index (χ3v) is 5.03. The SMILES string of the molecule is Clc1nnc(-c2cc3sccc3s2)s1. The lowest BCUT2D eigenvalue weighted by Crippen LogP contribution is -1.68. The molecule has 0 bridgehead atoms. The Bertz CT molecular complexity index is 551. The fraction of sp³-hybridized carbons (Fsp3) is 0. The second kappa shape index (κ2) is 3.27. The maximum Gasteiger partial charge on any atom is 0.207 e. The smallest absolute Gasteiger partial charge is 0.143 e. The van der Waals surface area contributed by atoms with Crippen LogP contribution in [0.15, 0.2) is 17.5 Å². The molecule has 6 heteroatoms. The van der Waals surface area contributed by atoms with Crippen molar-refractivity contribution in [3.63, 3.8) is 0 Å². The van der Waals surface area contributed by atoms with Gasteiger partial charge < -0.3 is 0 Å². The molecule has 70 valence electrons. The summed E-state index contributed by atoms with van der Waals surface area (Å²) in [6.45, 7) is 0. The maximum atomic E-state index is 5.74. The lowest BCUT2D eigenvalue weighted by Gasteiger charge is -1.82. The molecule has 0 aliphatic heterocycles. The van der Waals surface area contributed by atoms with Crippen molar-refractivity contribution >= 4 is 55.0 Å². The van der Waals surface area contributed by atoms with Crippen LogP contribution in [0.5, 0.6) is 0 Å². The van der Waals surface area contributed by atoms with E-state index in [9.17, 15) is 0 Å². The van der Waals surface area contributed by atoms with E-state index in [1.807, 2.05) is 0 Å². The van der Waals surface area contributed by atoms with Gasteiger partial charge in [-0.15, -0.1) is 32.9 Å². The number of halogens is 1. The Labute approximate surface area is 96.8 Å². The second-order valence-corrected chi connectivity index (χ2v) is 6.21. The van der Waals surface area contributed by atoms with Crippen LogP contribution in [-0.4, -0.2) is 10.2 Å². The molecule has 3 aromatic heterocycles. The van der Waals surface area contributed by atoms with Gasteiger partial charge in [0.25, 0.3) is 0 Å². The van der Waals surface area contributed by atoms with Crippen LogP contribution in [0.4, 0.5) is 0 Å². The summed E-state index contributed by atoms with van der Waals surface area (Å²) in [5, 5.41) is 10.8. The van der Waals surface area contributed by atoms with Crippen molar-refractivity contribution in [1.82, 2.24) is 10.2 Å². The summed E-state index contributed by atoms with van der Waals surface area (Å²) in [5.74, 6) is 0. The van der Waals surface area contributed by atoms with Gasteiger partial charge in [-0.2, -0.15) is 0 Å². The molecule has 3 rings (SSSR count). The Hall–Kier alpha value is -0.490. The van der Waals surface area contributed by atoms with Gasteiger partial charge in [0, 0.05) is 9.40 Å². The van der Waals surface area contributed by atoms with Gasteiger partial charge in [-0.05, 0) is 29.1 Å². The summed E-state index contributed by atoms with van der Waals surface area (Å²) in [5.41, 5.74) is 0. The molecule has 14 heavy (non-hydrogen) atoms. The third-order valence-electron chi connectivity index (χ3n) is 1.75. The summed E-state index contributed by atoms with van der Waals surface area (Å²) >= 11 is 10.6. The highest BCUT2D eigenvalue weighted by atomic mass is 35.5. The topological polar surface area (TPSA) is 25.8 Å². The first-order valence-electron chi connectivity index (χ1n) is 3.79. The highest BCUT2D eigenvalue weighted by molar-refractivity contribution is 7.30. The van der Waals surface area contributed by atoms with Crippen LogP contribution >= 0.6 is 45.6 Å². The first-order valence-corrected chi connectivity index (χ1v) is 6.68. The molecule has 0 saturated heterocycles.